The van der Waals surface area contributed by atoms with Gasteiger partial charge in [-0.25, -0.2) is 4.98 Å². The van der Waals surface area contributed by atoms with Crippen molar-refractivity contribution in [1.82, 2.24) is 9.55 Å². The van der Waals surface area contributed by atoms with Crippen LogP contribution in [0.4, 0.5) is 5.69 Å². The number of anilines is 1. The Balaban J connectivity index is 1.78. The number of carbonyl (C=O) groups excluding carboxylic acids is 1. The highest BCUT2D eigenvalue weighted by molar-refractivity contribution is 6.32. The molecule has 1 N–H and O–H groups in total. The van der Waals surface area contributed by atoms with Crippen molar-refractivity contribution < 1.29 is 4.79 Å². The molecule has 0 fully saturated rings. The van der Waals surface area contributed by atoms with E-state index in [0.717, 1.165) is 10.9 Å². The zero-order valence-corrected chi connectivity index (χ0v) is 11.3. The highest BCUT2D eigenvalue weighted by Crippen LogP contribution is 2.18. The molecule has 0 atom stereocenters. The van der Waals surface area contributed by atoms with Crippen molar-refractivity contribution in [3.8, 4) is 0 Å². The summed E-state index contributed by atoms with van der Waals surface area (Å²) in [6.07, 6.45) is 3.48. The van der Waals surface area contributed by atoms with E-state index in [1.807, 2.05) is 41.1 Å². The topological polar surface area (TPSA) is 46.9 Å². The Labute approximate surface area is 121 Å². The second-order valence-electron chi connectivity index (χ2n) is 4.39. The number of carbonyl (C=O) groups is 1. The minimum atomic E-state index is -0.138. The van der Waals surface area contributed by atoms with E-state index >= 15 is 0 Å². The molecule has 5 heteroatoms. The fraction of sp³-hybridized carbons (Fsp3) is 0.0667. The number of amides is 1. The highest BCUT2D eigenvalue weighted by atomic mass is 35.5. The van der Waals surface area contributed by atoms with Crippen molar-refractivity contribution in [3.05, 3.63) is 60.0 Å². The Kier molecular flexibility index (Phi) is 3.39. The van der Waals surface area contributed by atoms with Gasteiger partial charge in [-0.1, -0.05) is 29.8 Å². The summed E-state index contributed by atoms with van der Waals surface area (Å²) in [7, 11) is 0. The third-order valence-corrected chi connectivity index (χ3v) is 3.33. The zero-order chi connectivity index (χ0) is 13.9. The van der Waals surface area contributed by atoms with Crippen LogP contribution in [0.15, 0.2) is 54.9 Å². The molecule has 0 spiro atoms. The number of para-hydroxylation sites is 1. The fourth-order valence-electron chi connectivity index (χ4n) is 2.10. The zero-order valence-electron chi connectivity index (χ0n) is 10.6. The van der Waals surface area contributed by atoms with Crippen LogP contribution in [0, 0.1) is 0 Å². The van der Waals surface area contributed by atoms with E-state index in [-0.39, 0.29) is 12.5 Å². The number of benzene rings is 1. The molecule has 0 bridgehead atoms. The lowest BCUT2D eigenvalue weighted by atomic mass is 10.2. The number of hydrogen-bond acceptors (Lipinski definition) is 2. The number of hydrogen-bond donors (Lipinski definition) is 1. The van der Waals surface area contributed by atoms with Crippen molar-refractivity contribution in [3.63, 3.8) is 0 Å². The lowest BCUT2D eigenvalue weighted by molar-refractivity contribution is -0.116. The Morgan fingerprint density at radius 1 is 1.20 bits per heavy atom. The monoisotopic (exact) mass is 285 g/mol. The minimum Gasteiger partial charge on any atom is -0.338 e. The summed E-state index contributed by atoms with van der Waals surface area (Å²) in [4.78, 5) is 16.0. The summed E-state index contributed by atoms with van der Waals surface area (Å²) >= 11 is 5.91. The molecule has 2 aromatic heterocycles. The smallest absolute Gasteiger partial charge is 0.244 e. The second-order valence-corrected chi connectivity index (χ2v) is 4.75. The molecular formula is C15H12ClN3O. The third kappa shape index (κ3) is 2.51. The van der Waals surface area contributed by atoms with Gasteiger partial charge in [0.25, 0.3) is 0 Å². The van der Waals surface area contributed by atoms with Crippen LogP contribution < -0.4 is 5.32 Å². The van der Waals surface area contributed by atoms with Crippen LogP contribution in [0.2, 0.25) is 5.15 Å². The van der Waals surface area contributed by atoms with E-state index < -0.39 is 0 Å². The van der Waals surface area contributed by atoms with Crippen LogP contribution >= 0.6 is 11.6 Å². The van der Waals surface area contributed by atoms with Crippen molar-refractivity contribution in [1.29, 1.82) is 0 Å². The number of pyridine rings is 1. The molecule has 20 heavy (non-hydrogen) atoms. The quantitative estimate of drug-likeness (QED) is 0.750. The normalized spacial score (nSPS) is 10.7. The van der Waals surface area contributed by atoms with Gasteiger partial charge in [-0.2, -0.15) is 0 Å². The van der Waals surface area contributed by atoms with Gasteiger partial charge in [0.2, 0.25) is 5.91 Å². The molecule has 0 unspecified atom stereocenters. The van der Waals surface area contributed by atoms with Crippen molar-refractivity contribution in [2.24, 2.45) is 0 Å². The molecule has 0 saturated carbocycles. The predicted octanol–water partition coefficient (Wildman–Crippen LogP) is 3.33. The van der Waals surface area contributed by atoms with Crippen LogP contribution in [0.1, 0.15) is 0 Å². The Morgan fingerprint density at radius 2 is 2.05 bits per heavy atom. The second kappa shape index (κ2) is 5.35. The fourth-order valence-corrected chi connectivity index (χ4v) is 2.27. The van der Waals surface area contributed by atoms with Gasteiger partial charge in [-0.3, -0.25) is 4.79 Å². The predicted molar refractivity (Wildman–Crippen MR) is 79.8 cm³/mol. The van der Waals surface area contributed by atoms with Gasteiger partial charge in [0, 0.05) is 17.9 Å². The van der Waals surface area contributed by atoms with Crippen LogP contribution in [0.25, 0.3) is 10.9 Å². The highest BCUT2D eigenvalue weighted by Gasteiger charge is 2.08. The third-order valence-electron chi connectivity index (χ3n) is 3.03. The van der Waals surface area contributed by atoms with E-state index in [9.17, 15) is 4.79 Å². The largest absolute Gasteiger partial charge is 0.338 e. The van der Waals surface area contributed by atoms with Gasteiger partial charge < -0.3 is 9.88 Å². The summed E-state index contributed by atoms with van der Waals surface area (Å²) in [5, 5.41) is 4.16. The molecule has 0 aliphatic carbocycles. The number of aromatic nitrogens is 2. The number of nitrogens with one attached hydrogen (secondary N) is 1. The van der Waals surface area contributed by atoms with E-state index in [1.165, 1.54) is 0 Å². The lowest BCUT2D eigenvalue weighted by Gasteiger charge is -2.08. The molecule has 0 saturated heterocycles. The Bertz CT molecular complexity index is 766. The maximum Gasteiger partial charge on any atom is 0.244 e. The van der Waals surface area contributed by atoms with Gasteiger partial charge in [0.15, 0.2) is 5.15 Å². The van der Waals surface area contributed by atoms with E-state index in [2.05, 4.69) is 10.3 Å². The van der Waals surface area contributed by atoms with Gasteiger partial charge in [-0.15, -0.1) is 0 Å². The van der Waals surface area contributed by atoms with Gasteiger partial charge >= 0.3 is 0 Å². The Morgan fingerprint density at radius 3 is 2.90 bits per heavy atom. The molecule has 0 aliphatic rings. The van der Waals surface area contributed by atoms with Gasteiger partial charge in [0.05, 0.1) is 5.69 Å². The molecule has 1 aromatic carbocycles. The molecule has 1 amide bonds. The summed E-state index contributed by atoms with van der Waals surface area (Å²) in [5.41, 5.74) is 1.55. The van der Waals surface area contributed by atoms with Gasteiger partial charge in [0.1, 0.15) is 6.54 Å². The Hall–Kier alpha value is -2.33. The minimum absolute atomic E-state index is 0.138. The standard InChI is InChI=1S/C15H12ClN3O/c16-15-12(5-3-8-17-15)18-14(20)10-19-9-7-11-4-1-2-6-13(11)19/h1-9H,10H2,(H,18,20). The SMILES string of the molecule is O=C(Cn1ccc2ccccc21)Nc1cccnc1Cl. The summed E-state index contributed by atoms with van der Waals surface area (Å²) < 4.78 is 1.90. The molecule has 2 heterocycles. The number of rotatable bonds is 3. The van der Waals surface area contributed by atoms with Gasteiger partial charge in [-0.05, 0) is 29.7 Å². The molecule has 4 nitrogen and oxygen atoms in total. The average molecular weight is 286 g/mol. The van der Waals surface area contributed by atoms with Crippen LogP contribution in [-0.4, -0.2) is 15.5 Å². The van der Waals surface area contributed by atoms with E-state index in [1.54, 1.807) is 18.3 Å². The molecule has 100 valence electrons. The maximum absolute atomic E-state index is 12.1. The molecular weight excluding hydrogens is 274 g/mol. The number of nitrogens with zero attached hydrogens (tertiary/aromatic N) is 2. The molecule has 0 radical (unpaired) electrons. The molecule has 3 rings (SSSR count). The van der Waals surface area contributed by atoms with E-state index in [4.69, 9.17) is 11.6 Å². The van der Waals surface area contributed by atoms with Crippen molar-refractivity contribution in [2.75, 3.05) is 5.32 Å². The van der Waals surface area contributed by atoms with Crippen molar-refractivity contribution >= 4 is 34.1 Å². The number of fused-ring (bicyclic) bond motifs is 1. The van der Waals surface area contributed by atoms with E-state index in [0.29, 0.717) is 10.8 Å². The molecule has 3 aromatic rings. The lowest BCUT2D eigenvalue weighted by Crippen LogP contribution is -2.18. The first kappa shape index (κ1) is 12.7. The maximum atomic E-state index is 12.1. The summed E-state index contributed by atoms with van der Waals surface area (Å²) in [6, 6.07) is 13.4. The van der Waals surface area contributed by atoms with Crippen LogP contribution in [-0.2, 0) is 11.3 Å². The first-order valence-corrected chi connectivity index (χ1v) is 6.56. The first-order chi connectivity index (χ1) is 9.74. The average Bonchev–Trinajstić information content (AvgIpc) is 2.85. The summed E-state index contributed by atoms with van der Waals surface area (Å²) in [6.45, 7) is 0.235. The number of halogens is 1. The molecule has 0 aliphatic heterocycles. The van der Waals surface area contributed by atoms with Crippen LogP contribution in [0.3, 0.4) is 0 Å². The van der Waals surface area contributed by atoms with Crippen molar-refractivity contribution in [2.45, 2.75) is 6.54 Å². The first-order valence-electron chi connectivity index (χ1n) is 6.18. The summed E-state index contributed by atoms with van der Waals surface area (Å²) in [5.74, 6) is -0.138. The van der Waals surface area contributed by atoms with Crippen LogP contribution in [0.5, 0.6) is 0 Å².